The van der Waals surface area contributed by atoms with Gasteiger partial charge < -0.3 is 9.88 Å². The van der Waals surface area contributed by atoms with Crippen LogP contribution in [0.1, 0.15) is 33.5 Å². The summed E-state index contributed by atoms with van der Waals surface area (Å²) in [5.74, 6) is -0.180. The summed E-state index contributed by atoms with van der Waals surface area (Å²) in [5.41, 5.74) is 1.60. The fourth-order valence-electron chi connectivity index (χ4n) is 2.46. The van der Waals surface area contributed by atoms with E-state index >= 15 is 0 Å². The van der Waals surface area contributed by atoms with Gasteiger partial charge in [0.25, 0.3) is 5.91 Å². The van der Waals surface area contributed by atoms with Gasteiger partial charge in [0, 0.05) is 36.9 Å². The van der Waals surface area contributed by atoms with E-state index in [9.17, 15) is 9.18 Å². The summed E-state index contributed by atoms with van der Waals surface area (Å²) in [6.45, 7) is 1.84. The molecule has 3 rings (SSSR count). The van der Waals surface area contributed by atoms with E-state index < -0.39 is 11.9 Å². The molecule has 0 aliphatic heterocycles. The fourth-order valence-corrected chi connectivity index (χ4v) is 2.46. The molecule has 1 N–H and O–H groups in total. The second-order valence-electron chi connectivity index (χ2n) is 5.51. The number of aromatic nitrogens is 3. The van der Waals surface area contributed by atoms with Crippen molar-refractivity contribution < 1.29 is 9.18 Å². The second-order valence-corrected chi connectivity index (χ2v) is 5.51. The minimum atomic E-state index is -0.694. The highest BCUT2D eigenvalue weighted by atomic mass is 19.1. The number of hydrogen-bond acceptors (Lipinski definition) is 3. The van der Waals surface area contributed by atoms with Crippen LogP contribution in [0.15, 0.2) is 55.0 Å². The number of imidazole rings is 1. The highest BCUT2D eigenvalue weighted by Crippen LogP contribution is 2.23. The summed E-state index contributed by atoms with van der Waals surface area (Å²) in [4.78, 5) is 20.9. The third-order valence-corrected chi connectivity index (χ3v) is 3.78. The van der Waals surface area contributed by atoms with Gasteiger partial charge in [-0.1, -0.05) is 18.2 Å². The Morgan fingerprint density at radius 1 is 1.21 bits per heavy atom. The van der Waals surface area contributed by atoms with Crippen molar-refractivity contribution in [3.05, 3.63) is 83.5 Å². The molecule has 0 spiro atoms. The normalized spacial score (nSPS) is 12.0. The van der Waals surface area contributed by atoms with Gasteiger partial charge >= 0.3 is 0 Å². The Kier molecular flexibility index (Phi) is 4.37. The lowest BCUT2D eigenvalue weighted by molar-refractivity contribution is 0.0940. The lowest BCUT2D eigenvalue weighted by atomic mass is 10.0. The zero-order valence-electron chi connectivity index (χ0n) is 13.4. The molecule has 0 fully saturated rings. The number of hydrogen-bond donors (Lipinski definition) is 1. The molecule has 0 bridgehead atoms. The first-order valence-corrected chi connectivity index (χ1v) is 7.51. The van der Waals surface area contributed by atoms with Crippen molar-refractivity contribution in [2.24, 2.45) is 7.05 Å². The first-order valence-electron chi connectivity index (χ1n) is 7.51. The van der Waals surface area contributed by atoms with Crippen molar-refractivity contribution in [2.75, 3.05) is 0 Å². The highest BCUT2D eigenvalue weighted by Gasteiger charge is 2.24. The maximum atomic E-state index is 14.3. The molecule has 1 aromatic carbocycles. The Morgan fingerprint density at radius 3 is 2.62 bits per heavy atom. The minimum Gasteiger partial charge on any atom is -0.338 e. The number of nitrogens with zero attached hydrogens (tertiary/aromatic N) is 3. The molecule has 0 aliphatic rings. The van der Waals surface area contributed by atoms with Crippen molar-refractivity contribution in [3.63, 3.8) is 0 Å². The minimum absolute atomic E-state index is 0.334. The third kappa shape index (κ3) is 3.17. The molecule has 5 nitrogen and oxygen atoms in total. The molecule has 0 saturated heterocycles. The highest BCUT2D eigenvalue weighted by molar-refractivity contribution is 5.94. The summed E-state index contributed by atoms with van der Waals surface area (Å²) in [7, 11) is 1.80. The van der Waals surface area contributed by atoms with Crippen LogP contribution in [0.4, 0.5) is 4.39 Å². The van der Waals surface area contributed by atoms with Crippen LogP contribution in [0.5, 0.6) is 0 Å². The number of aryl methyl sites for hydroxylation is 2. The first kappa shape index (κ1) is 15.9. The summed E-state index contributed by atoms with van der Waals surface area (Å²) in [6.07, 6.45) is 4.87. The predicted octanol–water partition coefficient (Wildman–Crippen LogP) is 2.78. The van der Waals surface area contributed by atoms with Crippen LogP contribution < -0.4 is 5.32 Å². The number of benzene rings is 1. The Hall–Kier alpha value is -3.02. The van der Waals surface area contributed by atoms with E-state index in [1.54, 1.807) is 54.3 Å². The standard InChI is InChI=1S/C18H17FN4O/c1-12-7-8-13(11-21-12)18(24)22-16(17-20-9-10-23(17)2)14-5-3-4-6-15(14)19/h3-11,16H,1-2H3,(H,22,24)/t16-/m1/s1. The molecule has 2 aromatic heterocycles. The lowest BCUT2D eigenvalue weighted by Crippen LogP contribution is -2.31. The van der Waals surface area contributed by atoms with Crippen molar-refractivity contribution in [3.8, 4) is 0 Å². The van der Waals surface area contributed by atoms with Crippen molar-refractivity contribution in [1.82, 2.24) is 19.9 Å². The van der Waals surface area contributed by atoms with Gasteiger partial charge in [0.2, 0.25) is 0 Å². The summed E-state index contributed by atoms with van der Waals surface area (Å²) >= 11 is 0. The monoisotopic (exact) mass is 324 g/mol. The summed E-state index contributed by atoms with van der Waals surface area (Å²) in [6, 6.07) is 9.10. The lowest BCUT2D eigenvalue weighted by Gasteiger charge is -2.19. The molecule has 1 atom stereocenters. The molecule has 0 unspecified atom stereocenters. The van der Waals surface area contributed by atoms with Gasteiger partial charge in [-0.2, -0.15) is 0 Å². The Morgan fingerprint density at radius 2 is 2.00 bits per heavy atom. The van der Waals surface area contributed by atoms with Crippen LogP contribution in [0.2, 0.25) is 0 Å². The SMILES string of the molecule is Cc1ccc(C(=O)N[C@H](c2ccccc2F)c2nccn2C)cn1. The topological polar surface area (TPSA) is 59.8 Å². The molecule has 6 heteroatoms. The van der Waals surface area contributed by atoms with Crippen LogP contribution in [0.3, 0.4) is 0 Å². The van der Waals surface area contributed by atoms with Crippen molar-refractivity contribution in [2.45, 2.75) is 13.0 Å². The second kappa shape index (κ2) is 6.62. The van der Waals surface area contributed by atoms with E-state index in [4.69, 9.17) is 0 Å². The van der Waals surface area contributed by atoms with Gasteiger partial charge in [-0.3, -0.25) is 9.78 Å². The molecular weight excluding hydrogens is 307 g/mol. The van der Waals surface area contributed by atoms with E-state index in [2.05, 4.69) is 15.3 Å². The zero-order valence-corrected chi connectivity index (χ0v) is 13.4. The van der Waals surface area contributed by atoms with Crippen molar-refractivity contribution in [1.29, 1.82) is 0 Å². The quantitative estimate of drug-likeness (QED) is 0.803. The van der Waals surface area contributed by atoms with E-state index in [1.165, 1.54) is 12.3 Å². The maximum Gasteiger partial charge on any atom is 0.253 e. The molecule has 122 valence electrons. The number of nitrogens with one attached hydrogen (secondary N) is 1. The van der Waals surface area contributed by atoms with Crippen LogP contribution >= 0.6 is 0 Å². The average Bonchev–Trinajstić information content (AvgIpc) is 3.00. The average molecular weight is 324 g/mol. The van der Waals surface area contributed by atoms with Crippen molar-refractivity contribution >= 4 is 5.91 Å². The zero-order chi connectivity index (χ0) is 17.1. The number of halogens is 1. The van der Waals surface area contributed by atoms with Crippen LogP contribution in [-0.4, -0.2) is 20.4 Å². The van der Waals surface area contributed by atoms with E-state index in [-0.39, 0.29) is 5.91 Å². The number of rotatable bonds is 4. The largest absolute Gasteiger partial charge is 0.338 e. The Labute approximate surface area is 139 Å². The van der Waals surface area contributed by atoms with Gasteiger partial charge in [-0.15, -0.1) is 0 Å². The van der Waals surface area contributed by atoms with E-state index in [0.717, 1.165) is 5.69 Å². The molecule has 1 amide bonds. The molecule has 24 heavy (non-hydrogen) atoms. The number of amides is 1. The Bertz CT molecular complexity index is 857. The van der Waals surface area contributed by atoms with Gasteiger partial charge in [-0.05, 0) is 25.1 Å². The molecule has 3 aromatic rings. The predicted molar refractivity (Wildman–Crippen MR) is 87.9 cm³/mol. The summed E-state index contributed by atoms with van der Waals surface area (Å²) < 4.78 is 16.0. The first-order chi connectivity index (χ1) is 11.6. The van der Waals surface area contributed by atoms with Crippen LogP contribution in [0.25, 0.3) is 0 Å². The molecule has 0 saturated carbocycles. The smallest absolute Gasteiger partial charge is 0.253 e. The summed E-state index contributed by atoms with van der Waals surface area (Å²) in [5, 5.41) is 2.85. The number of carbonyl (C=O) groups excluding carboxylic acids is 1. The van der Waals surface area contributed by atoms with Gasteiger partial charge in [0.15, 0.2) is 0 Å². The van der Waals surface area contributed by atoms with Crippen LogP contribution in [-0.2, 0) is 7.05 Å². The van der Waals surface area contributed by atoms with Gasteiger partial charge in [0.05, 0.1) is 5.56 Å². The third-order valence-electron chi connectivity index (χ3n) is 3.78. The molecule has 0 aliphatic carbocycles. The number of carbonyl (C=O) groups is 1. The van der Waals surface area contributed by atoms with E-state index in [0.29, 0.717) is 17.0 Å². The molecule has 2 heterocycles. The maximum absolute atomic E-state index is 14.3. The molecule has 0 radical (unpaired) electrons. The van der Waals surface area contributed by atoms with Gasteiger partial charge in [-0.25, -0.2) is 9.37 Å². The number of pyridine rings is 1. The van der Waals surface area contributed by atoms with Gasteiger partial charge in [0.1, 0.15) is 17.7 Å². The fraction of sp³-hybridized carbons (Fsp3) is 0.167. The Balaban J connectivity index is 1.97. The molecular formula is C18H17FN4O. The van der Waals surface area contributed by atoms with Crippen LogP contribution in [0, 0.1) is 12.7 Å². The van der Waals surface area contributed by atoms with E-state index in [1.807, 2.05) is 6.92 Å².